The number of aliphatic hydroxyl groups excluding tert-OH is 1. The van der Waals surface area contributed by atoms with Gasteiger partial charge in [0.2, 0.25) is 0 Å². The van der Waals surface area contributed by atoms with Gasteiger partial charge in [0, 0.05) is 19.3 Å². The molecular formula is C14H20N2O5. The van der Waals surface area contributed by atoms with Crippen LogP contribution in [0.1, 0.15) is 23.3 Å². The van der Waals surface area contributed by atoms with Crippen molar-refractivity contribution in [3.8, 4) is 0 Å². The Morgan fingerprint density at radius 3 is 2.67 bits per heavy atom. The molecule has 1 aliphatic rings. The van der Waals surface area contributed by atoms with Gasteiger partial charge in [-0.1, -0.05) is 0 Å². The summed E-state index contributed by atoms with van der Waals surface area (Å²) in [6, 6.07) is 3.31. The number of piperidine rings is 1. The Hall–Kier alpha value is -1.86. The molecule has 7 heteroatoms. The summed E-state index contributed by atoms with van der Waals surface area (Å²) in [5, 5.41) is 17.6. The molecule has 0 atom stereocenters. The Bertz CT molecular complexity index is 491. The van der Waals surface area contributed by atoms with E-state index in [-0.39, 0.29) is 25.2 Å². The van der Waals surface area contributed by atoms with Gasteiger partial charge in [0.1, 0.15) is 12.2 Å². The zero-order valence-corrected chi connectivity index (χ0v) is 11.8. The van der Waals surface area contributed by atoms with Crippen molar-refractivity contribution in [3.63, 3.8) is 0 Å². The zero-order valence-electron chi connectivity index (χ0n) is 11.8. The molecule has 1 fully saturated rings. The van der Waals surface area contributed by atoms with Crippen molar-refractivity contribution < 1.29 is 24.5 Å². The Morgan fingerprint density at radius 1 is 1.33 bits per heavy atom. The first-order chi connectivity index (χ1) is 10.1. The number of hydrogen-bond acceptors (Lipinski definition) is 4. The molecule has 0 aliphatic carbocycles. The summed E-state index contributed by atoms with van der Waals surface area (Å²) >= 11 is 0. The summed E-state index contributed by atoms with van der Waals surface area (Å²) in [6.07, 6.45) is 3.13. The molecule has 1 aromatic heterocycles. The number of hydrogen-bond donors (Lipinski definition) is 2. The number of aliphatic hydroxyl groups is 1. The number of aromatic nitrogens is 1. The maximum Gasteiger partial charge on any atom is 0.323 e. The van der Waals surface area contributed by atoms with E-state index in [2.05, 4.69) is 0 Å². The van der Waals surface area contributed by atoms with Gasteiger partial charge in [-0.25, -0.2) is 0 Å². The van der Waals surface area contributed by atoms with Crippen LogP contribution in [0.4, 0.5) is 0 Å². The van der Waals surface area contributed by atoms with Crippen molar-refractivity contribution in [2.75, 3.05) is 26.3 Å². The molecule has 2 heterocycles. The quantitative estimate of drug-likeness (QED) is 0.781. The molecule has 21 heavy (non-hydrogen) atoms. The van der Waals surface area contributed by atoms with Crippen molar-refractivity contribution in [2.45, 2.75) is 25.5 Å². The molecule has 0 spiro atoms. The van der Waals surface area contributed by atoms with Gasteiger partial charge in [-0.15, -0.1) is 0 Å². The van der Waals surface area contributed by atoms with E-state index in [1.54, 1.807) is 23.2 Å². The van der Waals surface area contributed by atoms with Crippen LogP contribution >= 0.6 is 0 Å². The summed E-state index contributed by atoms with van der Waals surface area (Å²) in [6.45, 7) is 1.26. The molecule has 1 amide bonds. The fraction of sp³-hybridized carbons (Fsp3) is 0.571. The highest BCUT2D eigenvalue weighted by molar-refractivity contribution is 5.93. The molecule has 116 valence electrons. The fourth-order valence-electron chi connectivity index (χ4n) is 2.50. The summed E-state index contributed by atoms with van der Waals surface area (Å²) in [5.74, 6) is -1.13. The van der Waals surface area contributed by atoms with Crippen molar-refractivity contribution in [1.82, 2.24) is 9.47 Å². The van der Waals surface area contributed by atoms with Crippen molar-refractivity contribution >= 4 is 11.9 Å². The minimum absolute atomic E-state index is 0.00183. The number of carboxylic acids is 1. The summed E-state index contributed by atoms with van der Waals surface area (Å²) in [7, 11) is 0. The van der Waals surface area contributed by atoms with E-state index in [9.17, 15) is 9.59 Å². The number of ether oxygens (including phenoxy) is 1. The number of aliphatic carboxylic acids is 1. The monoisotopic (exact) mass is 296 g/mol. The number of likely N-dealkylation sites (tertiary alicyclic amines) is 1. The minimum atomic E-state index is -0.976. The Morgan fingerprint density at radius 2 is 2.05 bits per heavy atom. The van der Waals surface area contributed by atoms with Crippen LogP contribution in [0.15, 0.2) is 18.3 Å². The predicted octanol–water partition coefficient (Wildman–Crippen LogP) is 0.186. The van der Waals surface area contributed by atoms with Gasteiger partial charge in [0.15, 0.2) is 0 Å². The van der Waals surface area contributed by atoms with Gasteiger partial charge >= 0.3 is 5.97 Å². The standard InChI is InChI=1S/C14H20N2O5/c17-8-9-21-11-3-6-15(7-4-11)14(20)12-2-1-5-16(12)10-13(18)19/h1-2,5,11,17H,3-4,6-10H2,(H,18,19). The van der Waals surface area contributed by atoms with Gasteiger partial charge in [0.05, 0.1) is 19.3 Å². The van der Waals surface area contributed by atoms with Crippen LogP contribution in [0.2, 0.25) is 0 Å². The molecule has 0 radical (unpaired) electrons. The maximum atomic E-state index is 12.4. The van der Waals surface area contributed by atoms with Crippen LogP contribution in [0.3, 0.4) is 0 Å². The topological polar surface area (TPSA) is 92.0 Å². The summed E-state index contributed by atoms with van der Waals surface area (Å²) < 4.78 is 6.90. The predicted molar refractivity (Wildman–Crippen MR) is 74.0 cm³/mol. The smallest absolute Gasteiger partial charge is 0.323 e. The largest absolute Gasteiger partial charge is 0.480 e. The van der Waals surface area contributed by atoms with E-state index in [0.717, 1.165) is 12.8 Å². The van der Waals surface area contributed by atoms with Crippen LogP contribution in [-0.4, -0.2) is 64.0 Å². The van der Waals surface area contributed by atoms with Crippen molar-refractivity contribution in [3.05, 3.63) is 24.0 Å². The number of rotatable bonds is 6. The molecule has 2 rings (SSSR count). The second-order valence-electron chi connectivity index (χ2n) is 5.00. The van der Waals surface area contributed by atoms with Crippen molar-refractivity contribution in [2.24, 2.45) is 0 Å². The Balaban J connectivity index is 1.93. The number of carbonyl (C=O) groups excluding carboxylic acids is 1. The molecule has 0 bridgehead atoms. The number of carboxylic acid groups (broad SMARTS) is 1. The normalized spacial score (nSPS) is 16.1. The van der Waals surface area contributed by atoms with E-state index in [1.165, 1.54) is 4.57 Å². The molecule has 1 aliphatic heterocycles. The lowest BCUT2D eigenvalue weighted by molar-refractivity contribution is -0.137. The van der Waals surface area contributed by atoms with Gasteiger partial charge in [-0.05, 0) is 25.0 Å². The van der Waals surface area contributed by atoms with E-state index >= 15 is 0 Å². The molecule has 0 saturated carbocycles. The molecule has 7 nitrogen and oxygen atoms in total. The first-order valence-corrected chi connectivity index (χ1v) is 7.00. The SMILES string of the molecule is O=C(O)Cn1cccc1C(=O)N1CCC(OCCO)CC1. The summed E-state index contributed by atoms with van der Waals surface area (Å²) in [4.78, 5) is 24.9. The van der Waals surface area contributed by atoms with Gasteiger partial charge in [-0.2, -0.15) is 0 Å². The van der Waals surface area contributed by atoms with Crippen LogP contribution < -0.4 is 0 Å². The van der Waals surface area contributed by atoms with E-state index < -0.39 is 5.97 Å². The highest BCUT2D eigenvalue weighted by Crippen LogP contribution is 2.16. The highest BCUT2D eigenvalue weighted by atomic mass is 16.5. The lowest BCUT2D eigenvalue weighted by Crippen LogP contribution is -2.41. The van der Waals surface area contributed by atoms with Crippen LogP contribution in [0.25, 0.3) is 0 Å². The Kier molecular flexibility index (Phi) is 5.35. The number of carbonyl (C=O) groups is 2. The minimum Gasteiger partial charge on any atom is -0.480 e. The first-order valence-electron chi connectivity index (χ1n) is 7.00. The first kappa shape index (κ1) is 15.5. The van der Waals surface area contributed by atoms with E-state index in [0.29, 0.717) is 25.4 Å². The van der Waals surface area contributed by atoms with E-state index in [4.69, 9.17) is 14.9 Å². The van der Waals surface area contributed by atoms with Crippen LogP contribution in [-0.2, 0) is 16.1 Å². The van der Waals surface area contributed by atoms with Gasteiger partial charge < -0.3 is 24.4 Å². The second-order valence-corrected chi connectivity index (χ2v) is 5.00. The van der Waals surface area contributed by atoms with Crippen LogP contribution in [0.5, 0.6) is 0 Å². The fourth-order valence-corrected chi connectivity index (χ4v) is 2.50. The number of amides is 1. The van der Waals surface area contributed by atoms with E-state index in [1.807, 2.05) is 0 Å². The lowest BCUT2D eigenvalue weighted by Gasteiger charge is -2.32. The third-order valence-electron chi connectivity index (χ3n) is 3.53. The average molecular weight is 296 g/mol. The molecule has 2 N–H and O–H groups in total. The highest BCUT2D eigenvalue weighted by Gasteiger charge is 2.25. The number of nitrogens with zero attached hydrogens (tertiary/aromatic N) is 2. The third-order valence-corrected chi connectivity index (χ3v) is 3.53. The van der Waals surface area contributed by atoms with Crippen LogP contribution in [0, 0.1) is 0 Å². The third kappa shape index (κ3) is 4.05. The zero-order chi connectivity index (χ0) is 15.2. The van der Waals surface area contributed by atoms with Gasteiger partial charge in [-0.3, -0.25) is 9.59 Å². The lowest BCUT2D eigenvalue weighted by atomic mass is 10.1. The molecule has 0 aromatic carbocycles. The van der Waals surface area contributed by atoms with Crippen molar-refractivity contribution in [1.29, 1.82) is 0 Å². The molecule has 0 unspecified atom stereocenters. The Labute approximate surface area is 122 Å². The molecular weight excluding hydrogens is 276 g/mol. The van der Waals surface area contributed by atoms with Gasteiger partial charge in [0.25, 0.3) is 5.91 Å². The second kappa shape index (κ2) is 7.24. The molecule has 1 aromatic rings. The average Bonchev–Trinajstić information content (AvgIpc) is 2.92. The molecule has 1 saturated heterocycles. The summed E-state index contributed by atoms with van der Waals surface area (Å²) in [5.41, 5.74) is 0.395. The maximum absolute atomic E-state index is 12.4.